The van der Waals surface area contributed by atoms with Crippen molar-refractivity contribution in [2.75, 3.05) is 13.4 Å². The fraction of sp³-hybridized carbons (Fsp3) is 0.667. The Balaban J connectivity index is 0. The smallest absolute Gasteiger partial charge is 0.401 e. The molecule has 0 aliphatic heterocycles. The van der Waals surface area contributed by atoms with Crippen molar-refractivity contribution < 1.29 is 19.0 Å². The van der Waals surface area contributed by atoms with Gasteiger partial charge in [-0.25, -0.2) is 4.79 Å². The number of hydrogen-bond acceptors (Lipinski definition) is 4. The van der Waals surface area contributed by atoms with Crippen molar-refractivity contribution in [1.29, 1.82) is 0 Å². The van der Waals surface area contributed by atoms with Crippen molar-refractivity contribution >= 4 is 53.2 Å². The molecule has 0 amide bonds. The van der Waals surface area contributed by atoms with Crippen LogP contribution in [0.5, 0.6) is 0 Å². The summed E-state index contributed by atoms with van der Waals surface area (Å²) in [7, 11) is 1.07. The van der Waals surface area contributed by atoms with Crippen LogP contribution in [0.4, 0.5) is 4.79 Å². The monoisotopic (exact) mass is 193 g/mol. The maximum Gasteiger partial charge on any atom is 0.401 e. The maximum absolute atomic E-state index is 10.6. The summed E-state index contributed by atoms with van der Waals surface area (Å²) in [5.74, 6) is 0. The fourth-order valence-corrected chi connectivity index (χ4v) is 1.24. The summed E-state index contributed by atoms with van der Waals surface area (Å²) in [6.45, 7) is -3.71. The van der Waals surface area contributed by atoms with E-state index in [0.717, 1.165) is 7.11 Å². The van der Waals surface area contributed by atoms with Gasteiger partial charge in [0.1, 0.15) is 0 Å². The average molecular weight is 193 g/mol. The van der Waals surface area contributed by atoms with Crippen LogP contribution in [-0.4, -0.2) is 53.5 Å². The molecule has 1 N–H and O–H groups in total. The van der Waals surface area contributed by atoms with Crippen LogP contribution in [0.3, 0.4) is 0 Å². The van der Waals surface area contributed by atoms with Gasteiger partial charge in [0.05, 0.1) is 7.11 Å². The summed E-state index contributed by atoms with van der Waals surface area (Å²) in [6, 6.07) is 0. The second kappa shape index (κ2) is 5.63. The molecule has 1 radical (unpaired) electrons. The van der Waals surface area contributed by atoms with Crippen LogP contribution in [-0.2, 0) is 9.30 Å². The number of carbonyl (C=O) groups is 1. The molecule has 0 saturated heterocycles. The normalized spacial score (nSPS) is 14.7. The Bertz CT molecular complexity index is 161. The van der Waals surface area contributed by atoms with Gasteiger partial charge in [0.25, 0.3) is 0 Å². The molecule has 0 fully saturated rings. The first-order valence-electron chi connectivity index (χ1n) is 2.01. The first-order valence-corrected chi connectivity index (χ1v) is 5.50. The van der Waals surface area contributed by atoms with Gasteiger partial charge < -0.3 is 9.63 Å². The van der Waals surface area contributed by atoms with Crippen molar-refractivity contribution in [3.05, 3.63) is 0 Å². The number of methoxy groups -OCH3 is 1. The predicted octanol–water partition coefficient (Wildman–Crippen LogP) is 0.920. The molecule has 10 heavy (non-hydrogen) atoms. The van der Waals surface area contributed by atoms with E-state index in [9.17, 15) is 9.36 Å². The van der Waals surface area contributed by atoms with E-state index in [1.807, 2.05) is 0 Å². The molecule has 0 aromatic carbocycles. The first-order chi connectivity index (χ1) is 4.04. The molecule has 55 valence electrons. The molecule has 0 heterocycles. The van der Waals surface area contributed by atoms with Gasteiger partial charge in [-0.3, -0.25) is 4.57 Å². The van der Waals surface area contributed by atoms with E-state index in [0.29, 0.717) is 11.4 Å². The van der Waals surface area contributed by atoms with Crippen LogP contribution in [0.2, 0.25) is 0 Å². The topological polar surface area (TPSA) is 63.6 Å². The van der Waals surface area contributed by atoms with Crippen LogP contribution in [0, 0.1) is 0 Å². The fourth-order valence-electron chi connectivity index (χ4n) is 0.190. The molecule has 0 bridgehead atoms. The van der Waals surface area contributed by atoms with Gasteiger partial charge in [0, 0.05) is 29.6 Å². The molecular weight excluding hydrogens is 186 g/mol. The second-order valence-electron chi connectivity index (χ2n) is 1.17. The predicted molar refractivity (Wildman–Crippen MR) is 41.5 cm³/mol. The van der Waals surface area contributed by atoms with Gasteiger partial charge >= 0.3 is 12.3 Å². The molecular formula is C3H7NaO4PS. The maximum atomic E-state index is 10.6. The summed E-state index contributed by atoms with van der Waals surface area (Å²) >= 11 is 0.596. The third-order valence-corrected chi connectivity index (χ3v) is 3.72. The summed E-state index contributed by atoms with van der Waals surface area (Å²) in [5, 5.41) is 0. The number of rotatable bonds is 2. The van der Waals surface area contributed by atoms with E-state index in [1.165, 1.54) is 6.26 Å². The van der Waals surface area contributed by atoms with Crippen LogP contribution >= 0.6 is 18.0 Å². The third-order valence-electron chi connectivity index (χ3n) is 0.653. The molecule has 0 rings (SSSR count). The number of ether oxygens (including phenoxy) is 1. The first kappa shape index (κ1) is 13.6. The molecule has 0 aromatic heterocycles. The van der Waals surface area contributed by atoms with Crippen LogP contribution in [0.15, 0.2) is 0 Å². The Labute approximate surface area is 85.2 Å². The van der Waals surface area contributed by atoms with E-state index in [1.54, 1.807) is 0 Å². The minimum absolute atomic E-state index is 0. The molecule has 1 unspecified atom stereocenters. The largest absolute Gasteiger partial charge is 0.461 e. The van der Waals surface area contributed by atoms with E-state index >= 15 is 0 Å². The zero-order valence-electron chi connectivity index (χ0n) is 6.03. The Morgan fingerprint density at radius 3 is 2.20 bits per heavy atom. The van der Waals surface area contributed by atoms with Crippen LogP contribution < -0.4 is 0 Å². The minimum Gasteiger partial charge on any atom is -0.461 e. The van der Waals surface area contributed by atoms with Crippen molar-refractivity contribution in [1.82, 2.24) is 0 Å². The van der Waals surface area contributed by atoms with E-state index < -0.39 is 12.3 Å². The van der Waals surface area contributed by atoms with Gasteiger partial charge in [-0.2, -0.15) is 0 Å². The van der Waals surface area contributed by atoms with Crippen LogP contribution in [0.25, 0.3) is 0 Å². The second-order valence-corrected chi connectivity index (χ2v) is 5.52. The van der Waals surface area contributed by atoms with Crippen LogP contribution in [0.1, 0.15) is 0 Å². The Hall–Kier alpha value is 1.01. The summed E-state index contributed by atoms with van der Waals surface area (Å²) < 4.78 is 14.6. The van der Waals surface area contributed by atoms with Crippen molar-refractivity contribution in [2.45, 2.75) is 0 Å². The van der Waals surface area contributed by atoms with E-state index in [4.69, 9.17) is 4.89 Å². The van der Waals surface area contributed by atoms with Gasteiger partial charge in [-0.05, 0) is 6.26 Å². The molecule has 0 aliphatic rings. The Morgan fingerprint density at radius 2 is 2.10 bits per heavy atom. The zero-order chi connectivity index (χ0) is 7.49. The minimum atomic E-state index is -3.71. The van der Waals surface area contributed by atoms with Gasteiger partial charge in [-0.1, -0.05) is 11.4 Å². The van der Waals surface area contributed by atoms with Crippen molar-refractivity contribution in [2.24, 2.45) is 0 Å². The molecule has 0 spiro atoms. The van der Waals surface area contributed by atoms with Gasteiger partial charge in [-0.15, -0.1) is 0 Å². The summed E-state index contributed by atoms with van der Waals surface area (Å²) in [6.07, 6.45) is 1.37. The molecule has 7 heteroatoms. The molecule has 0 aromatic rings. The van der Waals surface area contributed by atoms with E-state index in [2.05, 4.69) is 4.74 Å². The molecule has 0 saturated carbocycles. The Morgan fingerprint density at radius 1 is 1.70 bits per heavy atom. The van der Waals surface area contributed by atoms with Gasteiger partial charge in [0.15, 0.2) is 0 Å². The van der Waals surface area contributed by atoms with Crippen molar-refractivity contribution in [3.8, 4) is 0 Å². The third kappa shape index (κ3) is 4.01. The zero-order valence-corrected chi connectivity index (χ0v) is 9.74. The summed E-state index contributed by atoms with van der Waals surface area (Å²) in [4.78, 5) is 18.9. The molecule has 4 nitrogen and oxygen atoms in total. The van der Waals surface area contributed by atoms with Crippen molar-refractivity contribution in [3.63, 3.8) is 0 Å². The van der Waals surface area contributed by atoms with E-state index in [-0.39, 0.29) is 29.6 Å². The number of hydrogen-bond donors (Lipinski definition) is 1. The average Bonchev–Trinajstić information content (AvgIpc) is 1.86. The quantitative estimate of drug-likeness (QED) is 0.521. The van der Waals surface area contributed by atoms with Gasteiger partial charge in [0.2, 0.25) is 0 Å². The molecule has 1 atom stereocenters. The molecule has 0 aliphatic carbocycles. The summed E-state index contributed by atoms with van der Waals surface area (Å²) in [5.41, 5.74) is -1.06. The SMILES string of the molecule is COC(=O)P(=O)(O)SC.[Na]. The standard InChI is InChI=1S/C3H7O4PS.Na/c1-7-3(4)8(5,6)9-2;/h1-2H3,(H,5,6);. The number of carbonyl (C=O) groups excluding carboxylic acids is 1. The Kier molecular flexibility index (Phi) is 7.66.